The normalized spacial score (nSPS) is 10.6. The molecular formula is C10H8BrClN2O. The van der Waals surface area contributed by atoms with Crippen LogP contribution in [0, 0.1) is 0 Å². The van der Waals surface area contributed by atoms with Gasteiger partial charge in [0.1, 0.15) is 0 Å². The molecule has 0 bridgehead atoms. The third kappa shape index (κ3) is 2.22. The topological polar surface area (TPSA) is 38.0 Å². The van der Waals surface area contributed by atoms with Crippen LogP contribution in [0.1, 0.15) is 5.69 Å². The Bertz CT molecular complexity index is 484. The summed E-state index contributed by atoms with van der Waals surface area (Å²) in [6.45, 7) is -0.0643. The van der Waals surface area contributed by atoms with Crippen LogP contribution in [0.15, 0.2) is 34.9 Å². The van der Waals surface area contributed by atoms with E-state index in [2.05, 4.69) is 21.0 Å². The summed E-state index contributed by atoms with van der Waals surface area (Å²) in [6, 6.07) is 7.22. The van der Waals surface area contributed by atoms with Crippen molar-refractivity contribution in [1.29, 1.82) is 0 Å². The Kier molecular flexibility index (Phi) is 3.09. The first-order chi connectivity index (χ1) is 7.20. The third-order valence-electron chi connectivity index (χ3n) is 1.96. The van der Waals surface area contributed by atoms with Gasteiger partial charge >= 0.3 is 0 Å². The van der Waals surface area contributed by atoms with Crippen LogP contribution in [-0.2, 0) is 6.61 Å². The molecule has 1 aromatic heterocycles. The number of aliphatic hydroxyl groups excluding tert-OH is 1. The van der Waals surface area contributed by atoms with Crippen molar-refractivity contribution >= 4 is 27.5 Å². The number of halogens is 2. The molecule has 1 N–H and O–H groups in total. The molecule has 1 heterocycles. The van der Waals surface area contributed by atoms with Crippen LogP contribution in [0.2, 0.25) is 5.02 Å². The number of nitrogens with zero attached hydrogens (tertiary/aromatic N) is 2. The van der Waals surface area contributed by atoms with E-state index in [4.69, 9.17) is 16.7 Å². The number of hydrogen-bond donors (Lipinski definition) is 1. The van der Waals surface area contributed by atoms with Gasteiger partial charge in [-0.25, -0.2) is 4.68 Å². The lowest BCUT2D eigenvalue weighted by Gasteiger charge is -2.04. The standard InChI is InChI=1S/C10H8BrClN2O/c11-9-2-1-7(12)5-10(9)14-4-3-8(6-15)13-14/h1-5,15H,6H2. The SMILES string of the molecule is OCc1ccn(-c2cc(Cl)ccc2Br)n1. The van der Waals surface area contributed by atoms with E-state index in [1.807, 2.05) is 6.07 Å². The molecule has 78 valence electrons. The molecule has 0 atom stereocenters. The van der Waals surface area contributed by atoms with Crippen molar-refractivity contribution in [2.75, 3.05) is 0 Å². The summed E-state index contributed by atoms with van der Waals surface area (Å²) in [5, 5.41) is 13.7. The zero-order valence-corrected chi connectivity index (χ0v) is 10.0. The largest absolute Gasteiger partial charge is 0.390 e. The fourth-order valence-corrected chi connectivity index (χ4v) is 1.84. The number of aliphatic hydroxyl groups is 1. The first kappa shape index (κ1) is 10.7. The maximum atomic E-state index is 8.91. The van der Waals surface area contributed by atoms with Crippen LogP contribution in [0.25, 0.3) is 5.69 Å². The molecular weight excluding hydrogens is 279 g/mol. The molecule has 0 aliphatic carbocycles. The van der Waals surface area contributed by atoms with Gasteiger partial charge in [0.15, 0.2) is 0 Å². The second-order valence-electron chi connectivity index (χ2n) is 3.01. The Balaban J connectivity index is 2.48. The van der Waals surface area contributed by atoms with E-state index in [1.54, 1.807) is 29.1 Å². The maximum absolute atomic E-state index is 8.91. The van der Waals surface area contributed by atoms with Crippen molar-refractivity contribution in [3.8, 4) is 5.69 Å². The van der Waals surface area contributed by atoms with E-state index in [9.17, 15) is 0 Å². The first-order valence-corrected chi connectivity index (χ1v) is 5.48. The Hall–Kier alpha value is -0.840. The molecule has 1 aromatic carbocycles. The van der Waals surface area contributed by atoms with Gasteiger partial charge in [0.25, 0.3) is 0 Å². The minimum Gasteiger partial charge on any atom is -0.390 e. The number of hydrogen-bond acceptors (Lipinski definition) is 2. The van der Waals surface area contributed by atoms with Crippen LogP contribution in [0.5, 0.6) is 0 Å². The van der Waals surface area contributed by atoms with E-state index >= 15 is 0 Å². The molecule has 15 heavy (non-hydrogen) atoms. The molecule has 5 heteroatoms. The highest BCUT2D eigenvalue weighted by molar-refractivity contribution is 9.10. The summed E-state index contributed by atoms with van der Waals surface area (Å²) in [5.74, 6) is 0. The van der Waals surface area contributed by atoms with Crippen LogP contribution >= 0.6 is 27.5 Å². The minimum atomic E-state index is -0.0643. The summed E-state index contributed by atoms with van der Waals surface area (Å²) < 4.78 is 2.57. The van der Waals surface area contributed by atoms with Gasteiger partial charge in [0.05, 0.1) is 18.0 Å². The smallest absolute Gasteiger partial charge is 0.0883 e. The summed E-state index contributed by atoms with van der Waals surface area (Å²) in [7, 11) is 0. The van der Waals surface area contributed by atoms with E-state index in [-0.39, 0.29) is 6.61 Å². The van der Waals surface area contributed by atoms with E-state index in [0.29, 0.717) is 10.7 Å². The quantitative estimate of drug-likeness (QED) is 0.922. The second kappa shape index (κ2) is 4.35. The molecule has 0 radical (unpaired) electrons. The highest BCUT2D eigenvalue weighted by atomic mass is 79.9. The van der Waals surface area contributed by atoms with Crippen LogP contribution in [0.3, 0.4) is 0 Å². The van der Waals surface area contributed by atoms with Crippen molar-refractivity contribution < 1.29 is 5.11 Å². The lowest BCUT2D eigenvalue weighted by Crippen LogP contribution is -1.97. The van der Waals surface area contributed by atoms with Gasteiger partial charge in [0.2, 0.25) is 0 Å². The molecule has 0 spiro atoms. The Labute approximate surface area is 100 Å². The molecule has 2 aromatic rings. The number of benzene rings is 1. The first-order valence-electron chi connectivity index (χ1n) is 4.31. The predicted molar refractivity (Wildman–Crippen MR) is 62.2 cm³/mol. The molecule has 0 unspecified atom stereocenters. The summed E-state index contributed by atoms with van der Waals surface area (Å²) in [4.78, 5) is 0. The van der Waals surface area contributed by atoms with Crippen molar-refractivity contribution in [3.05, 3.63) is 45.7 Å². The van der Waals surface area contributed by atoms with Crippen LogP contribution in [-0.4, -0.2) is 14.9 Å². The van der Waals surface area contributed by atoms with Gasteiger partial charge in [-0.1, -0.05) is 11.6 Å². The third-order valence-corrected chi connectivity index (χ3v) is 2.87. The fourth-order valence-electron chi connectivity index (χ4n) is 1.24. The molecule has 0 aliphatic rings. The zero-order valence-electron chi connectivity index (χ0n) is 7.69. The van der Waals surface area contributed by atoms with E-state index in [1.165, 1.54) is 0 Å². The minimum absolute atomic E-state index is 0.0643. The van der Waals surface area contributed by atoms with Gasteiger partial charge in [-0.05, 0) is 40.2 Å². The van der Waals surface area contributed by atoms with Gasteiger partial charge in [0, 0.05) is 15.7 Å². The van der Waals surface area contributed by atoms with Crippen molar-refractivity contribution in [2.24, 2.45) is 0 Å². The lowest BCUT2D eigenvalue weighted by atomic mass is 10.3. The molecule has 0 aliphatic heterocycles. The van der Waals surface area contributed by atoms with Crippen molar-refractivity contribution in [3.63, 3.8) is 0 Å². The molecule has 0 fully saturated rings. The van der Waals surface area contributed by atoms with Gasteiger partial charge in [-0.3, -0.25) is 0 Å². The van der Waals surface area contributed by atoms with Gasteiger partial charge in [-0.15, -0.1) is 0 Å². The number of aromatic nitrogens is 2. The summed E-state index contributed by atoms with van der Waals surface area (Å²) >= 11 is 9.31. The zero-order chi connectivity index (χ0) is 10.8. The average molecular weight is 288 g/mol. The highest BCUT2D eigenvalue weighted by Crippen LogP contribution is 2.24. The predicted octanol–water partition coefficient (Wildman–Crippen LogP) is 2.78. The Morgan fingerprint density at radius 1 is 1.40 bits per heavy atom. The highest BCUT2D eigenvalue weighted by Gasteiger charge is 2.05. The molecule has 0 saturated carbocycles. The second-order valence-corrected chi connectivity index (χ2v) is 4.30. The fraction of sp³-hybridized carbons (Fsp3) is 0.100. The number of rotatable bonds is 2. The van der Waals surface area contributed by atoms with Crippen molar-refractivity contribution in [1.82, 2.24) is 9.78 Å². The maximum Gasteiger partial charge on any atom is 0.0883 e. The monoisotopic (exact) mass is 286 g/mol. The van der Waals surface area contributed by atoms with E-state index < -0.39 is 0 Å². The molecule has 0 amide bonds. The molecule has 3 nitrogen and oxygen atoms in total. The Morgan fingerprint density at radius 3 is 2.87 bits per heavy atom. The lowest BCUT2D eigenvalue weighted by molar-refractivity contribution is 0.276. The van der Waals surface area contributed by atoms with E-state index in [0.717, 1.165) is 10.2 Å². The van der Waals surface area contributed by atoms with Crippen LogP contribution < -0.4 is 0 Å². The van der Waals surface area contributed by atoms with Gasteiger partial charge in [-0.2, -0.15) is 5.10 Å². The molecule has 2 rings (SSSR count). The average Bonchev–Trinajstić information content (AvgIpc) is 2.70. The Morgan fingerprint density at radius 2 is 2.20 bits per heavy atom. The van der Waals surface area contributed by atoms with Gasteiger partial charge < -0.3 is 5.11 Å². The van der Waals surface area contributed by atoms with Crippen LogP contribution in [0.4, 0.5) is 0 Å². The summed E-state index contributed by atoms with van der Waals surface area (Å²) in [5.41, 5.74) is 1.48. The summed E-state index contributed by atoms with van der Waals surface area (Å²) in [6.07, 6.45) is 1.78. The molecule has 0 saturated heterocycles. The van der Waals surface area contributed by atoms with Crippen molar-refractivity contribution in [2.45, 2.75) is 6.61 Å².